The van der Waals surface area contributed by atoms with Gasteiger partial charge in [0.1, 0.15) is 10.1 Å². The smallest absolute Gasteiger partial charge is 0.266 e. The molecule has 0 bridgehead atoms. The molecule has 1 saturated heterocycles. The van der Waals surface area contributed by atoms with Crippen molar-refractivity contribution in [3.05, 3.63) is 63.6 Å². The number of aryl methyl sites for hydroxylation is 3. The molecular formula is C24H26N2O3S2. The molecule has 2 aromatic rings. The molecular weight excluding hydrogens is 428 g/mol. The lowest BCUT2D eigenvalue weighted by molar-refractivity contribution is -0.122. The van der Waals surface area contributed by atoms with Crippen LogP contribution in [-0.2, 0) is 9.59 Å². The van der Waals surface area contributed by atoms with E-state index >= 15 is 0 Å². The minimum atomic E-state index is -0.122. The molecule has 0 aliphatic carbocycles. The summed E-state index contributed by atoms with van der Waals surface area (Å²) in [5, 5.41) is 3.00. The fourth-order valence-electron chi connectivity index (χ4n) is 3.55. The van der Waals surface area contributed by atoms with Crippen LogP contribution in [-0.4, -0.2) is 34.7 Å². The molecule has 31 heavy (non-hydrogen) atoms. The van der Waals surface area contributed by atoms with E-state index in [-0.39, 0.29) is 11.8 Å². The first-order valence-corrected chi connectivity index (χ1v) is 11.3. The number of hydrogen-bond donors (Lipinski definition) is 1. The topological polar surface area (TPSA) is 58.6 Å². The van der Waals surface area contributed by atoms with Crippen LogP contribution in [0.25, 0.3) is 6.08 Å². The summed E-state index contributed by atoms with van der Waals surface area (Å²) in [6, 6.07) is 11.6. The van der Waals surface area contributed by atoms with Crippen LogP contribution in [0.1, 0.15) is 35.1 Å². The Bertz CT molecular complexity index is 1040. The lowest BCUT2D eigenvalue weighted by atomic mass is 10.0. The molecule has 1 aliphatic heterocycles. The molecule has 1 N–H and O–H groups in total. The number of carbonyl (C=O) groups is 2. The maximum Gasteiger partial charge on any atom is 0.266 e. The van der Waals surface area contributed by atoms with Gasteiger partial charge in [0.2, 0.25) is 5.91 Å². The Hall–Kier alpha value is -2.64. The van der Waals surface area contributed by atoms with Crippen molar-refractivity contribution in [1.29, 1.82) is 0 Å². The van der Waals surface area contributed by atoms with E-state index in [2.05, 4.69) is 17.4 Å². The molecule has 2 aromatic carbocycles. The third-order valence-corrected chi connectivity index (χ3v) is 6.37. The third-order valence-electron chi connectivity index (χ3n) is 4.99. The summed E-state index contributed by atoms with van der Waals surface area (Å²) in [7, 11) is 1.61. The van der Waals surface area contributed by atoms with Gasteiger partial charge in [-0.05, 0) is 62.1 Å². The highest BCUT2D eigenvalue weighted by Gasteiger charge is 2.31. The highest BCUT2D eigenvalue weighted by atomic mass is 32.2. The van der Waals surface area contributed by atoms with Crippen LogP contribution in [0.2, 0.25) is 0 Å². The first-order valence-electron chi connectivity index (χ1n) is 10.1. The second-order valence-electron chi connectivity index (χ2n) is 7.54. The van der Waals surface area contributed by atoms with Gasteiger partial charge in [0, 0.05) is 18.7 Å². The number of benzene rings is 2. The number of nitrogens with one attached hydrogen (secondary N) is 1. The molecule has 0 radical (unpaired) electrons. The number of ether oxygens (including phenoxy) is 1. The van der Waals surface area contributed by atoms with E-state index in [1.54, 1.807) is 12.0 Å². The normalized spacial score (nSPS) is 15.0. The number of thiocarbonyl (C=S) groups is 1. The van der Waals surface area contributed by atoms with Gasteiger partial charge in [-0.25, -0.2) is 0 Å². The van der Waals surface area contributed by atoms with Crippen molar-refractivity contribution >= 4 is 51.9 Å². The van der Waals surface area contributed by atoms with Gasteiger partial charge in [-0.2, -0.15) is 0 Å². The number of carbonyl (C=O) groups excluding carboxylic acids is 2. The minimum absolute atomic E-state index is 0.0626. The SMILES string of the molecule is COc1cccc(/C=C2\SC(=S)N(CCCC(=O)Nc3c(C)cc(C)cc3C)C2=O)c1. The minimum Gasteiger partial charge on any atom is -0.497 e. The Kier molecular flexibility index (Phi) is 7.51. The lowest BCUT2D eigenvalue weighted by Crippen LogP contribution is -2.29. The fraction of sp³-hybridized carbons (Fsp3) is 0.292. The molecule has 3 rings (SSSR count). The van der Waals surface area contributed by atoms with E-state index in [9.17, 15) is 9.59 Å². The van der Waals surface area contributed by atoms with Crippen molar-refractivity contribution in [3.63, 3.8) is 0 Å². The molecule has 0 aromatic heterocycles. The zero-order chi connectivity index (χ0) is 22.5. The summed E-state index contributed by atoms with van der Waals surface area (Å²) in [5.74, 6) is 0.546. The van der Waals surface area contributed by atoms with Gasteiger partial charge < -0.3 is 10.1 Å². The second kappa shape index (κ2) is 10.1. The highest BCUT2D eigenvalue weighted by Crippen LogP contribution is 2.33. The molecule has 2 amide bonds. The van der Waals surface area contributed by atoms with E-state index in [0.29, 0.717) is 28.6 Å². The average molecular weight is 455 g/mol. The summed E-state index contributed by atoms with van der Waals surface area (Å²) in [6.45, 7) is 6.44. The molecule has 162 valence electrons. The van der Waals surface area contributed by atoms with Gasteiger partial charge >= 0.3 is 0 Å². The lowest BCUT2D eigenvalue weighted by Gasteiger charge is -2.15. The summed E-state index contributed by atoms with van der Waals surface area (Å²) in [6.07, 6.45) is 2.67. The van der Waals surface area contributed by atoms with Crippen molar-refractivity contribution in [3.8, 4) is 5.75 Å². The Labute approximate surface area is 192 Å². The van der Waals surface area contributed by atoms with Gasteiger partial charge in [0.05, 0.1) is 12.0 Å². The van der Waals surface area contributed by atoms with Gasteiger partial charge in [0.25, 0.3) is 5.91 Å². The largest absolute Gasteiger partial charge is 0.497 e. The standard InChI is InChI=1S/C24H26N2O3S2/c1-15-11-16(2)22(17(3)12-15)25-21(27)9-6-10-26-23(28)20(31-24(26)30)14-18-7-5-8-19(13-18)29-4/h5,7-8,11-14H,6,9-10H2,1-4H3,(H,25,27)/b20-14-. The van der Waals surface area contributed by atoms with Crippen molar-refractivity contribution in [1.82, 2.24) is 4.90 Å². The maximum atomic E-state index is 12.8. The van der Waals surface area contributed by atoms with Crippen LogP contribution >= 0.6 is 24.0 Å². The van der Waals surface area contributed by atoms with Crippen molar-refractivity contribution < 1.29 is 14.3 Å². The molecule has 0 saturated carbocycles. The Morgan fingerprint density at radius 3 is 2.58 bits per heavy atom. The summed E-state index contributed by atoms with van der Waals surface area (Å²) >= 11 is 6.68. The number of thioether (sulfide) groups is 1. The van der Waals surface area contributed by atoms with Crippen LogP contribution in [0.3, 0.4) is 0 Å². The molecule has 1 fully saturated rings. The van der Waals surface area contributed by atoms with Crippen LogP contribution in [0, 0.1) is 20.8 Å². The Morgan fingerprint density at radius 2 is 1.90 bits per heavy atom. The molecule has 1 aliphatic rings. The Balaban J connectivity index is 1.57. The van der Waals surface area contributed by atoms with Gasteiger partial charge in [-0.15, -0.1) is 0 Å². The quantitative estimate of drug-likeness (QED) is 0.458. The van der Waals surface area contributed by atoms with Gasteiger partial charge in [0.15, 0.2) is 0 Å². The summed E-state index contributed by atoms with van der Waals surface area (Å²) in [5.41, 5.74) is 5.01. The predicted molar refractivity (Wildman–Crippen MR) is 131 cm³/mol. The zero-order valence-corrected chi connectivity index (χ0v) is 19.8. The highest BCUT2D eigenvalue weighted by molar-refractivity contribution is 8.26. The van der Waals surface area contributed by atoms with Crippen LogP contribution in [0.15, 0.2) is 41.3 Å². The number of hydrogen-bond acceptors (Lipinski definition) is 5. The maximum absolute atomic E-state index is 12.8. The van der Waals surface area contributed by atoms with E-state index in [1.165, 1.54) is 17.3 Å². The number of nitrogens with zero attached hydrogens (tertiary/aromatic N) is 1. The first-order chi connectivity index (χ1) is 14.8. The molecule has 0 spiro atoms. The third kappa shape index (κ3) is 5.74. The number of rotatable bonds is 7. The van der Waals surface area contributed by atoms with Crippen molar-refractivity contribution in [2.75, 3.05) is 19.0 Å². The Morgan fingerprint density at radius 1 is 1.19 bits per heavy atom. The molecule has 0 unspecified atom stereocenters. The molecule has 5 nitrogen and oxygen atoms in total. The van der Waals surface area contributed by atoms with E-state index in [4.69, 9.17) is 17.0 Å². The van der Waals surface area contributed by atoms with E-state index in [0.717, 1.165) is 28.1 Å². The monoisotopic (exact) mass is 454 g/mol. The van der Waals surface area contributed by atoms with E-state index in [1.807, 2.05) is 51.1 Å². The summed E-state index contributed by atoms with van der Waals surface area (Å²) in [4.78, 5) is 27.4. The second-order valence-corrected chi connectivity index (χ2v) is 9.21. The van der Waals surface area contributed by atoms with Gasteiger partial charge in [-0.1, -0.05) is 53.8 Å². The van der Waals surface area contributed by atoms with Crippen LogP contribution in [0.4, 0.5) is 5.69 Å². The predicted octanol–water partition coefficient (Wildman–Crippen LogP) is 5.24. The van der Waals surface area contributed by atoms with Crippen molar-refractivity contribution in [2.24, 2.45) is 0 Å². The fourth-order valence-corrected chi connectivity index (χ4v) is 4.86. The van der Waals surface area contributed by atoms with Crippen LogP contribution in [0.5, 0.6) is 5.75 Å². The first kappa shape index (κ1) is 23.0. The molecule has 0 atom stereocenters. The molecule has 7 heteroatoms. The van der Waals surface area contributed by atoms with Crippen LogP contribution < -0.4 is 10.1 Å². The zero-order valence-electron chi connectivity index (χ0n) is 18.2. The number of anilines is 1. The van der Waals surface area contributed by atoms with E-state index < -0.39 is 0 Å². The van der Waals surface area contributed by atoms with Gasteiger partial charge in [-0.3, -0.25) is 14.5 Å². The van der Waals surface area contributed by atoms with Crippen molar-refractivity contribution in [2.45, 2.75) is 33.6 Å². The average Bonchev–Trinajstić information content (AvgIpc) is 2.98. The summed E-state index contributed by atoms with van der Waals surface area (Å²) < 4.78 is 5.75. The number of amides is 2. The molecule has 1 heterocycles. The number of methoxy groups -OCH3 is 1.